The van der Waals surface area contributed by atoms with Crippen LogP contribution in [0.15, 0.2) is 28.8 Å². The first kappa shape index (κ1) is 18.3. The van der Waals surface area contributed by atoms with Gasteiger partial charge in [-0.1, -0.05) is 41.8 Å². The highest BCUT2D eigenvalue weighted by molar-refractivity contribution is 5.50. The molecule has 0 unspecified atom stereocenters. The Balaban J connectivity index is 1.32. The molecule has 0 amide bonds. The van der Waals surface area contributed by atoms with Gasteiger partial charge < -0.3 is 14.0 Å². The zero-order valence-electron chi connectivity index (χ0n) is 16.6. The van der Waals surface area contributed by atoms with Crippen molar-refractivity contribution >= 4 is 0 Å². The zero-order chi connectivity index (χ0) is 19.6. The van der Waals surface area contributed by atoms with E-state index in [-0.39, 0.29) is 6.10 Å². The van der Waals surface area contributed by atoms with Gasteiger partial charge in [0.2, 0.25) is 0 Å². The summed E-state index contributed by atoms with van der Waals surface area (Å²) in [5.41, 5.74) is 2.60. The summed E-state index contributed by atoms with van der Waals surface area (Å²) in [6.45, 7) is 3.63. The average molecular weight is 395 g/mol. The van der Waals surface area contributed by atoms with E-state index in [0.717, 1.165) is 35.7 Å². The summed E-state index contributed by atoms with van der Waals surface area (Å²) in [6, 6.07) is 8.01. The van der Waals surface area contributed by atoms with E-state index < -0.39 is 0 Å². The van der Waals surface area contributed by atoms with Crippen LogP contribution in [-0.4, -0.2) is 31.7 Å². The monoisotopic (exact) mass is 395 g/mol. The minimum absolute atomic E-state index is 0.0757. The lowest BCUT2D eigenvalue weighted by Gasteiger charge is -2.24. The summed E-state index contributed by atoms with van der Waals surface area (Å²) in [4.78, 5) is 4.63. The average Bonchev–Trinajstić information content (AvgIpc) is 3.42. The van der Waals surface area contributed by atoms with Crippen molar-refractivity contribution in [2.24, 2.45) is 0 Å². The summed E-state index contributed by atoms with van der Waals surface area (Å²) < 4.78 is 19.0. The Bertz CT molecular complexity index is 959. The third kappa shape index (κ3) is 3.64. The van der Waals surface area contributed by atoms with Gasteiger partial charge in [0.15, 0.2) is 11.5 Å². The number of nitrogens with zero attached hydrogens (tertiary/aromatic N) is 5. The first-order chi connectivity index (χ1) is 14.3. The molecule has 1 aromatic carbocycles. The van der Waals surface area contributed by atoms with Crippen LogP contribution in [0, 0.1) is 0 Å². The molecule has 5 rings (SSSR count). The second kappa shape index (κ2) is 7.94. The quantitative estimate of drug-likeness (QED) is 0.644. The predicted octanol–water partition coefficient (Wildman–Crippen LogP) is 4.05. The molecular formula is C21H25N5O3. The van der Waals surface area contributed by atoms with Gasteiger partial charge in [0, 0.05) is 5.92 Å². The maximum Gasteiger partial charge on any atom is 0.280 e. The smallest absolute Gasteiger partial charge is 0.280 e. The Morgan fingerprint density at radius 3 is 2.76 bits per heavy atom. The van der Waals surface area contributed by atoms with Gasteiger partial charge in [0.1, 0.15) is 11.9 Å². The molecule has 152 valence electrons. The summed E-state index contributed by atoms with van der Waals surface area (Å²) in [5, 5.41) is 12.8. The van der Waals surface area contributed by atoms with Crippen LogP contribution in [0.2, 0.25) is 0 Å². The molecule has 1 aliphatic carbocycles. The Kier molecular flexibility index (Phi) is 5.01. The van der Waals surface area contributed by atoms with Crippen molar-refractivity contribution in [3.8, 4) is 17.3 Å². The third-order valence-electron chi connectivity index (χ3n) is 5.78. The van der Waals surface area contributed by atoms with Crippen LogP contribution in [0.25, 0.3) is 11.6 Å². The molecule has 0 radical (unpaired) electrons. The van der Waals surface area contributed by atoms with Gasteiger partial charge in [-0.05, 0) is 37.5 Å². The maximum atomic E-state index is 6.10. The molecule has 2 aromatic heterocycles. The summed E-state index contributed by atoms with van der Waals surface area (Å²) in [5.74, 6) is 2.49. The Hall–Kier alpha value is -2.74. The minimum atomic E-state index is -0.0757. The van der Waals surface area contributed by atoms with Crippen LogP contribution < -0.4 is 4.74 Å². The van der Waals surface area contributed by atoms with Gasteiger partial charge >= 0.3 is 0 Å². The lowest BCUT2D eigenvalue weighted by atomic mass is 9.89. The van der Waals surface area contributed by atoms with Crippen molar-refractivity contribution < 1.29 is 14.0 Å². The number of fused-ring (bicyclic) bond motifs is 1. The van der Waals surface area contributed by atoms with Gasteiger partial charge in [-0.3, -0.25) is 0 Å². The molecule has 1 aliphatic heterocycles. The summed E-state index contributed by atoms with van der Waals surface area (Å²) in [7, 11) is 0. The fourth-order valence-corrected chi connectivity index (χ4v) is 4.18. The molecule has 3 aromatic rings. The van der Waals surface area contributed by atoms with E-state index in [9.17, 15) is 0 Å². The lowest BCUT2D eigenvalue weighted by Crippen LogP contribution is -2.22. The normalized spacial score (nSPS) is 19.8. The second-order valence-electron chi connectivity index (χ2n) is 7.66. The van der Waals surface area contributed by atoms with E-state index in [1.165, 1.54) is 19.3 Å². The van der Waals surface area contributed by atoms with Crippen molar-refractivity contribution in [3.63, 3.8) is 0 Å². The maximum absolute atomic E-state index is 6.10. The Morgan fingerprint density at radius 1 is 1.14 bits per heavy atom. The SMILES string of the molecule is CCOc1ccc([C@@H]2Cn3nnc(-c4nc(C5CCCCC5)no4)c3CO2)cc1. The summed E-state index contributed by atoms with van der Waals surface area (Å²) >= 11 is 0. The number of ether oxygens (including phenoxy) is 2. The topological polar surface area (TPSA) is 88.1 Å². The highest BCUT2D eigenvalue weighted by atomic mass is 16.5. The standard InChI is InChI=1S/C21H25N5O3/c1-2-27-16-10-8-14(9-11-16)18-12-26-17(13-28-18)19(23-25-26)21-22-20(24-29-21)15-6-4-3-5-7-15/h8-11,15,18H,2-7,12-13H2,1H3/t18-/m0/s1. The van der Waals surface area contributed by atoms with Gasteiger partial charge in [-0.15, -0.1) is 5.10 Å². The molecule has 29 heavy (non-hydrogen) atoms. The zero-order valence-corrected chi connectivity index (χ0v) is 16.6. The molecule has 0 spiro atoms. The second-order valence-corrected chi connectivity index (χ2v) is 7.66. The van der Waals surface area contributed by atoms with Crippen molar-refractivity contribution in [3.05, 3.63) is 41.3 Å². The van der Waals surface area contributed by atoms with Crippen LogP contribution in [0.3, 0.4) is 0 Å². The van der Waals surface area contributed by atoms with Crippen LogP contribution in [-0.2, 0) is 17.9 Å². The molecule has 8 nitrogen and oxygen atoms in total. The first-order valence-corrected chi connectivity index (χ1v) is 10.4. The van der Waals surface area contributed by atoms with Crippen LogP contribution >= 0.6 is 0 Å². The molecule has 0 saturated heterocycles. The number of rotatable bonds is 5. The fraction of sp³-hybridized carbons (Fsp3) is 0.524. The molecule has 3 heterocycles. The number of benzene rings is 1. The molecular weight excluding hydrogens is 370 g/mol. The number of hydrogen-bond donors (Lipinski definition) is 0. The van der Waals surface area contributed by atoms with Gasteiger partial charge in [-0.2, -0.15) is 4.98 Å². The Morgan fingerprint density at radius 2 is 1.97 bits per heavy atom. The van der Waals surface area contributed by atoms with E-state index in [1.54, 1.807) is 0 Å². The molecule has 0 bridgehead atoms. The van der Waals surface area contributed by atoms with Crippen LogP contribution in [0.5, 0.6) is 5.75 Å². The van der Waals surface area contributed by atoms with Crippen molar-refractivity contribution in [1.82, 2.24) is 25.1 Å². The van der Waals surface area contributed by atoms with E-state index in [1.807, 2.05) is 35.9 Å². The lowest BCUT2D eigenvalue weighted by molar-refractivity contribution is -0.00119. The molecule has 1 atom stereocenters. The van der Waals surface area contributed by atoms with E-state index in [4.69, 9.17) is 14.0 Å². The molecule has 1 saturated carbocycles. The molecule has 8 heteroatoms. The first-order valence-electron chi connectivity index (χ1n) is 10.4. The minimum Gasteiger partial charge on any atom is -0.494 e. The Labute approximate surface area is 169 Å². The molecule has 0 N–H and O–H groups in total. The van der Waals surface area contributed by atoms with E-state index in [2.05, 4.69) is 20.5 Å². The highest BCUT2D eigenvalue weighted by Gasteiger charge is 2.29. The molecule has 2 aliphatic rings. The van der Waals surface area contributed by atoms with Crippen molar-refractivity contribution in [2.45, 2.75) is 64.2 Å². The van der Waals surface area contributed by atoms with Crippen molar-refractivity contribution in [1.29, 1.82) is 0 Å². The van der Waals surface area contributed by atoms with Gasteiger partial charge in [0.25, 0.3) is 5.89 Å². The van der Waals surface area contributed by atoms with E-state index >= 15 is 0 Å². The van der Waals surface area contributed by atoms with Crippen LogP contribution in [0.4, 0.5) is 0 Å². The summed E-state index contributed by atoms with van der Waals surface area (Å²) in [6.07, 6.45) is 5.95. The highest BCUT2D eigenvalue weighted by Crippen LogP contribution is 2.34. The van der Waals surface area contributed by atoms with Crippen molar-refractivity contribution in [2.75, 3.05) is 6.61 Å². The van der Waals surface area contributed by atoms with Crippen LogP contribution in [0.1, 0.15) is 68.1 Å². The largest absolute Gasteiger partial charge is 0.494 e. The van der Waals surface area contributed by atoms with E-state index in [0.29, 0.717) is 37.3 Å². The number of aromatic nitrogens is 5. The number of hydrogen-bond acceptors (Lipinski definition) is 7. The predicted molar refractivity (Wildman–Crippen MR) is 104 cm³/mol. The fourth-order valence-electron chi connectivity index (χ4n) is 4.18. The van der Waals surface area contributed by atoms with Gasteiger partial charge in [0.05, 0.1) is 25.5 Å². The van der Waals surface area contributed by atoms with Gasteiger partial charge in [-0.25, -0.2) is 4.68 Å². The molecule has 1 fully saturated rings. The third-order valence-corrected chi connectivity index (χ3v) is 5.78.